The Morgan fingerprint density at radius 1 is 1.28 bits per heavy atom. The summed E-state index contributed by atoms with van der Waals surface area (Å²) >= 11 is 0. The average molecular weight is 400 g/mol. The number of rotatable bonds is 9. The normalized spacial score (nSPS) is 23.5. The van der Waals surface area contributed by atoms with E-state index in [1.54, 1.807) is 24.2 Å². The van der Waals surface area contributed by atoms with Crippen molar-refractivity contribution in [2.45, 2.75) is 37.9 Å². The van der Waals surface area contributed by atoms with Crippen LogP contribution >= 0.6 is 0 Å². The van der Waals surface area contributed by atoms with Gasteiger partial charge in [0.2, 0.25) is 0 Å². The van der Waals surface area contributed by atoms with E-state index in [-0.39, 0.29) is 11.5 Å². The summed E-state index contributed by atoms with van der Waals surface area (Å²) in [6.07, 6.45) is 16.4. The Morgan fingerprint density at radius 3 is 2.69 bits per heavy atom. The molecule has 6 heteroatoms. The van der Waals surface area contributed by atoms with E-state index < -0.39 is 6.10 Å². The molecular formula is C23H33N3O3. The van der Waals surface area contributed by atoms with E-state index in [1.165, 1.54) is 6.40 Å². The number of aliphatic imine (C=N–C) groups is 1. The van der Waals surface area contributed by atoms with Gasteiger partial charge < -0.3 is 19.3 Å². The molecule has 2 fully saturated rings. The smallest absolute Gasteiger partial charge is 0.255 e. The van der Waals surface area contributed by atoms with Gasteiger partial charge in [0.05, 0.1) is 19.3 Å². The van der Waals surface area contributed by atoms with Crippen LogP contribution < -0.4 is 0 Å². The maximum Gasteiger partial charge on any atom is 0.255 e. The molecule has 0 aromatic heterocycles. The van der Waals surface area contributed by atoms with E-state index >= 15 is 0 Å². The van der Waals surface area contributed by atoms with Crippen LogP contribution in [0.1, 0.15) is 26.2 Å². The van der Waals surface area contributed by atoms with E-state index in [9.17, 15) is 4.79 Å². The minimum atomic E-state index is -0.422. The summed E-state index contributed by atoms with van der Waals surface area (Å²) in [5.41, 5.74) is 0.670. The summed E-state index contributed by atoms with van der Waals surface area (Å²) < 4.78 is 11.1. The fraction of sp³-hybridized carbons (Fsp3) is 0.478. The standard InChI is InChI=1S/C23H33N3O3/c1-5-7-8-9-14-26-18-23(29-20(3)22(26)27)12-16-25(17-13-23)15-11-21(10-6-2)24-19-28-4/h5-10,14,19-20H,1-2,11-13,15-18H2,3-4H3/b8-7-,14-9+,21-10-,24-19+. The third kappa shape index (κ3) is 6.84. The van der Waals surface area contributed by atoms with Gasteiger partial charge in [0.15, 0.2) is 6.40 Å². The summed E-state index contributed by atoms with van der Waals surface area (Å²) in [6.45, 7) is 12.6. The Labute approximate surface area is 174 Å². The van der Waals surface area contributed by atoms with Crippen LogP contribution in [0.4, 0.5) is 0 Å². The van der Waals surface area contributed by atoms with Crippen molar-refractivity contribution in [1.29, 1.82) is 0 Å². The van der Waals surface area contributed by atoms with E-state index in [0.717, 1.165) is 44.6 Å². The molecule has 2 rings (SSSR count). The van der Waals surface area contributed by atoms with Crippen LogP contribution in [-0.2, 0) is 14.3 Å². The number of ether oxygens (including phenoxy) is 2. The first-order valence-corrected chi connectivity index (χ1v) is 10.1. The van der Waals surface area contributed by atoms with Gasteiger partial charge in [-0.2, -0.15) is 0 Å². The lowest BCUT2D eigenvalue weighted by Gasteiger charge is -2.48. The van der Waals surface area contributed by atoms with Gasteiger partial charge in [0, 0.05) is 38.0 Å². The zero-order valence-electron chi connectivity index (χ0n) is 17.6. The number of morpholine rings is 1. The van der Waals surface area contributed by atoms with Crippen LogP contribution in [0.15, 0.2) is 66.5 Å². The second-order valence-corrected chi connectivity index (χ2v) is 7.33. The number of allylic oxidation sites excluding steroid dienone is 6. The highest BCUT2D eigenvalue weighted by molar-refractivity contribution is 5.82. The molecule has 2 heterocycles. The van der Waals surface area contributed by atoms with Crippen molar-refractivity contribution < 1.29 is 14.3 Å². The largest absolute Gasteiger partial charge is 0.486 e. The van der Waals surface area contributed by atoms with Gasteiger partial charge in [0.25, 0.3) is 5.91 Å². The molecule has 0 radical (unpaired) electrons. The predicted octanol–water partition coefficient (Wildman–Crippen LogP) is 3.46. The summed E-state index contributed by atoms with van der Waals surface area (Å²) in [6, 6.07) is 0. The molecule has 2 aliphatic heterocycles. The molecule has 1 atom stereocenters. The van der Waals surface area contributed by atoms with Crippen molar-refractivity contribution in [2.24, 2.45) is 4.99 Å². The number of nitrogens with zero attached hydrogens (tertiary/aromatic N) is 3. The van der Waals surface area contributed by atoms with Crippen LogP contribution in [0.25, 0.3) is 0 Å². The molecule has 0 aromatic rings. The maximum absolute atomic E-state index is 12.5. The summed E-state index contributed by atoms with van der Waals surface area (Å²) in [7, 11) is 1.59. The molecule has 6 nitrogen and oxygen atoms in total. The molecule has 0 bridgehead atoms. The first-order chi connectivity index (χ1) is 14.0. The lowest BCUT2D eigenvalue weighted by Crippen LogP contribution is -2.60. The average Bonchev–Trinajstić information content (AvgIpc) is 2.72. The van der Waals surface area contributed by atoms with E-state index in [1.807, 2.05) is 37.4 Å². The molecule has 29 heavy (non-hydrogen) atoms. The van der Waals surface area contributed by atoms with Crippen LogP contribution in [-0.4, -0.2) is 67.1 Å². The summed E-state index contributed by atoms with van der Waals surface area (Å²) in [5.74, 6) is 0.0107. The molecule has 2 saturated heterocycles. The van der Waals surface area contributed by atoms with E-state index in [0.29, 0.717) is 6.54 Å². The fourth-order valence-electron chi connectivity index (χ4n) is 3.69. The third-order valence-electron chi connectivity index (χ3n) is 5.23. The molecule has 0 aromatic carbocycles. The monoisotopic (exact) mass is 399 g/mol. The number of methoxy groups -OCH3 is 1. The van der Waals surface area contributed by atoms with Crippen molar-refractivity contribution >= 4 is 12.3 Å². The number of carbonyl (C=O) groups is 1. The first kappa shape index (κ1) is 22.8. The van der Waals surface area contributed by atoms with Crippen molar-refractivity contribution in [2.75, 3.05) is 33.3 Å². The fourth-order valence-corrected chi connectivity index (χ4v) is 3.69. The third-order valence-corrected chi connectivity index (χ3v) is 5.23. The molecule has 1 unspecified atom stereocenters. The highest BCUT2D eigenvalue weighted by Gasteiger charge is 2.44. The Bertz CT molecular complexity index is 685. The number of hydrogen-bond acceptors (Lipinski definition) is 5. The molecule has 158 valence electrons. The van der Waals surface area contributed by atoms with Gasteiger partial charge in [-0.05, 0) is 31.9 Å². The van der Waals surface area contributed by atoms with E-state index in [4.69, 9.17) is 9.47 Å². The highest BCUT2D eigenvalue weighted by atomic mass is 16.5. The first-order valence-electron chi connectivity index (χ1n) is 10.1. The van der Waals surface area contributed by atoms with Gasteiger partial charge in [-0.3, -0.25) is 4.79 Å². The van der Waals surface area contributed by atoms with Crippen molar-refractivity contribution in [3.8, 4) is 0 Å². The topological polar surface area (TPSA) is 54.4 Å². The highest BCUT2D eigenvalue weighted by Crippen LogP contribution is 2.33. The molecule has 0 saturated carbocycles. The maximum atomic E-state index is 12.5. The minimum absolute atomic E-state index is 0.0107. The van der Waals surface area contributed by atoms with Crippen LogP contribution in [0.5, 0.6) is 0 Å². The SMILES string of the molecule is C=C/C=C\C=C\N1CC2(CCN(CCC(=C/C=C)/N=C/OC)CC2)OC(C)C1=O. The second-order valence-electron chi connectivity index (χ2n) is 7.33. The van der Waals surface area contributed by atoms with Gasteiger partial charge in [-0.1, -0.05) is 37.5 Å². The molecule has 0 aliphatic carbocycles. The molecular weight excluding hydrogens is 366 g/mol. The van der Waals surface area contributed by atoms with Crippen LogP contribution in [0, 0.1) is 0 Å². The van der Waals surface area contributed by atoms with Crippen LogP contribution in [0.3, 0.4) is 0 Å². The summed E-state index contributed by atoms with van der Waals surface area (Å²) in [5, 5.41) is 0. The number of likely N-dealkylation sites (tertiary alicyclic amines) is 1. The lowest BCUT2D eigenvalue weighted by atomic mass is 9.88. The van der Waals surface area contributed by atoms with Gasteiger partial charge in [-0.25, -0.2) is 4.99 Å². The van der Waals surface area contributed by atoms with Crippen molar-refractivity contribution in [3.05, 3.63) is 61.5 Å². The summed E-state index contributed by atoms with van der Waals surface area (Å²) in [4.78, 5) is 21.0. The Kier molecular flexibility index (Phi) is 9.09. The number of carbonyl (C=O) groups excluding carboxylic acids is 1. The molecule has 1 spiro atoms. The molecule has 1 amide bonds. The second kappa shape index (κ2) is 11.5. The van der Waals surface area contributed by atoms with Gasteiger partial charge in [0.1, 0.15) is 6.10 Å². The lowest BCUT2D eigenvalue weighted by molar-refractivity contribution is -0.184. The Morgan fingerprint density at radius 2 is 2.03 bits per heavy atom. The zero-order chi connectivity index (χ0) is 21.1. The number of amides is 1. The van der Waals surface area contributed by atoms with E-state index in [2.05, 4.69) is 23.1 Å². The molecule has 0 N–H and O–H groups in total. The number of hydrogen-bond donors (Lipinski definition) is 0. The number of piperidine rings is 1. The zero-order valence-corrected chi connectivity index (χ0v) is 17.6. The predicted molar refractivity (Wildman–Crippen MR) is 118 cm³/mol. The van der Waals surface area contributed by atoms with Crippen molar-refractivity contribution in [1.82, 2.24) is 9.80 Å². The van der Waals surface area contributed by atoms with Gasteiger partial charge in [-0.15, -0.1) is 0 Å². The van der Waals surface area contributed by atoms with Crippen LogP contribution in [0.2, 0.25) is 0 Å². The Hall–Kier alpha value is -2.44. The minimum Gasteiger partial charge on any atom is -0.486 e. The van der Waals surface area contributed by atoms with Crippen molar-refractivity contribution in [3.63, 3.8) is 0 Å². The van der Waals surface area contributed by atoms with Gasteiger partial charge >= 0.3 is 0 Å². The Balaban J connectivity index is 1.92. The quantitative estimate of drug-likeness (QED) is 0.338. The molecule has 2 aliphatic rings.